The summed E-state index contributed by atoms with van der Waals surface area (Å²) in [7, 11) is 1.63. The Bertz CT molecular complexity index is 1000. The highest BCUT2D eigenvalue weighted by Gasteiger charge is 2.25. The van der Waals surface area contributed by atoms with Gasteiger partial charge in [0, 0.05) is 54.4 Å². The number of pyridine rings is 1. The maximum Gasteiger partial charge on any atom is 0.227 e. The van der Waals surface area contributed by atoms with Crippen LogP contribution in [-0.2, 0) is 11.2 Å². The molecule has 7 heteroatoms. The number of methoxy groups -OCH3 is 1. The predicted octanol–water partition coefficient (Wildman–Crippen LogP) is 3.08. The van der Waals surface area contributed by atoms with Crippen molar-refractivity contribution >= 4 is 11.9 Å². The van der Waals surface area contributed by atoms with Crippen molar-refractivity contribution in [1.82, 2.24) is 19.9 Å². The minimum absolute atomic E-state index is 0.142. The molecule has 1 aliphatic rings. The summed E-state index contributed by atoms with van der Waals surface area (Å²) >= 11 is 0. The second-order valence-electron chi connectivity index (χ2n) is 7.51. The van der Waals surface area contributed by atoms with Crippen LogP contribution in [0.1, 0.15) is 30.0 Å². The fraction of sp³-hybridized carbons (Fsp3) is 0.304. The lowest BCUT2D eigenvalue weighted by Crippen LogP contribution is -2.40. The van der Waals surface area contributed by atoms with Crippen LogP contribution >= 0.6 is 0 Å². The van der Waals surface area contributed by atoms with E-state index >= 15 is 0 Å². The van der Waals surface area contributed by atoms with Crippen LogP contribution in [0.2, 0.25) is 0 Å². The van der Waals surface area contributed by atoms with Gasteiger partial charge in [0.2, 0.25) is 11.9 Å². The third kappa shape index (κ3) is 4.56. The number of benzene rings is 1. The summed E-state index contributed by atoms with van der Waals surface area (Å²) in [6.07, 6.45) is 7.61. The van der Waals surface area contributed by atoms with Gasteiger partial charge in [-0.15, -0.1) is 0 Å². The molecule has 30 heavy (non-hydrogen) atoms. The molecule has 0 saturated carbocycles. The van der Waals surface area contributed by atoms with Crippen molar-refractivity contribution in [3.63, 3.8) is 0 Å². The normalized spacial score (nSPS) is 16.3. The summed E-state index contributed by atoms with van der Waals surface area (Å²) in [5.74, 6) is 1.41. The Labute approximate surface area is 175 Å². The Morgan fingerprint density at radius 3 is 2.67 bits per heavy atom. The third-order valence-electron chi connectivity index (χ3n) is 5.47. The second kappa shape index (κ2) is 8.90. The van der Waals surface area contributed by atoms with E-state index in [-0.39, 0.29) is 17.8 Å². The van der Waals surface area contributed by atoms with Crippen LogP contribution in [0, 0.1) is 0 Å². The molecular weight excluding hydrogens is 378 g/mol. The first-order chi connectivity index (χ1) is 14.6. The Balaban J connectivity index is 1.41. The molecule has 1 aromatic carbocycles. The minimum Gasteiger partial charge on any atom is -0.497 e. The highest BCUT2D eigenvalue weighted by molar-refractivity contribution is 5.79. The zero-order valence-corrected chi connectivity index (χ0v) is 17.0. The van der Waals surface area contributed by atoms with E-state index in [0.717, 1.165) is 47.5 Å². The van der Waals surface area contributed by atoms with Crippen LogP contribution in [0.5, 0.6) is 5.75 Å². The van der Waals surface area contributed by atoms with Gasteiger partial charge in [0.05, 0.1) is 13.5 Å². The number of nitrogen functional groups attached to an aromatic ring is 1. The Morgan fingerprint density at radius 1 is 1.13 bits per heavy atom. The van der Waals surface area contributed by atoms with Crippen LogP contribution in [0.15, 0.2) is 55.0 Å². The van der Waals surface area contributed by atoms with Gasteiger partial charge in [-0.1, -0.05) is 18.2 Å². The second-order valence-corrected chi connectivity index (χ2v) is 7.51. The van der Waals surface area contributed by atoms with Crippen molar-refractivity contribution in [1.29, 1.82) is 0 Å². The molecule has 4 rings (SSSR count). The number of nitrogens with zero attached hydrogens (tertiary/aromatic N) is 4. The number of amides is 1. The van der Waals surface area contributed by atoms with Crippen molar-refractivity contribution in [3.8, 4) is 16.9 Å². The van der Waals surface area contributed by atoms with Gasteiger partial charge >= 0.3 is 0 Å². The Morgan fingerprint density at radius 2 is 1.93 bits per heavy atom. The first-order valence-electron chi connectivity index (χ1n) is 10.1. The lowest BCUT2D eigenvalue weighted by Gasteiger charge is -2.32. The number of rotatable bonds is 5. The largest absolute Gasteiger partial charge is 0.497 e. The number of likely N-dealkylation sites (tertiary alicyclic amines) is 1. The van der Waals surface area contributed by atoms with E-state index in [1.807, 2.05) is 47.5 Å². The van der Waals surface area contributed by atoms with Crippen molar-refractivity contribution in [2.75, 3.05) is 25.9 Å². The van der Waals surface area contributed by atoms with E-state index in [1.165, 1.54) is 0 Å². The smallest absolute Gasteiger partial charge is 0.227 e. The SMILES string of the molecule is COc1cccc(CC(=O)N2CCC[C@H](c3ccc(-c4cnc(N)nc4)cn3)C2)c1. The highest BCUT2D eigenvalue weighted by atomic mass is 16.5. The minimum atomic E-state index is 0.142. The molecule has 3 aromatic rings. The summed E-state index contributed by atoms with van der Waals surface area (Å²) < 4.78 is 5.26. The first kappa shape index (κ1) is 19.8. The number of hydrogen-bond acceptors (Lipinski definition) is 6. The van der Waals surface area contributed by atoms with Gasteiger partial charge in [0.1, 0.15) is 5.75 Å². The molecule has 1 aliphatic heterocycles. The molecule has 0 radical (unpaired) electrons. The molecule has 0 aliphatic carbocycles. The molecular formula is C23H25N5O2. The molecule has 2 aromatic heterocycles. The lowest BCUT2D eigenvalue weighted by molar-refractivity contribution is -0.131. The zero-order chi connectivity index (χ0) is 20.9. The van der Waals surface area contributed by atoms with Crippen molar-refractivity contribution in [2.24, 2.45) is 0 Å². The number of anilines is 1. The number of nitrogens with two attached hydrogens (primary N) is 1. The van der Waals surface area contributed by atoms with Gasteiger partial charge in [0.15, 0.2) is 0 Å². The van der Waals surface area contributed by atoms with Crippen molar-refractivity contribution in [3.05, 3.63) is 66.2 Å². The molecule has 7 nitrogen and oxygen atoms in total. The number of ether oxygens (including phenoxy) is 1. The molecule has 1 saturated heterocycles. The molecule has 3 heterocycles. The van der Waals surface area contributed by atoms with Crippen LogP contribution in [0.25, 0.3) is 11.1 Å². The molecule has 1 fully saturated rings. The van der Waals surface area contributed by atoms with Crippen molar-refractivity contribution in [2.45, 2.75) is 25.2 Å². The fourth-order valence-corrected chi connectivity index (χ4v) is 3.82. The number of carbonyl (C=O) groups excluding carboxylic acids is 1. The topological polar surface area (TPSA) is 94.2 Å². The van der Waals surface area contributed by atoms with Gasteiger partial charge in [0.25, 0.3) is 0 Å². The van der Waals surface area contributed by atoms with Gasteiger partial charge in [-0.2, -0.15) is 0 Å². The summed E-state index contributed by atoms with van der Waals surface area (Å²) in [6, 6.07) is 11.7. The number of piperidine rings is 1. The maximum atomic E-state index is 12.9. The van der Waals surface area contributed by atoms with Crippen LogP contribution < -0.4 is 10.5 Å². The summed E-state index contributed by atoms with van der Waals surface area (Å²) in [4.78, 5) is 27.5. The Kier molecular flexibility index (Phi) is 5.88. The number of aromatic nitrogens is 3. The average Bonchev–Trinajstić information content (AvgIpc) is 2.80. The molecule has 0 bridgehead atoms. The third-order valence-corrected chi connectivity index (χ3v) is 5.47. The van der Waals surface area contributed by atoms with Gasteiger partial charge in [-0.3, -0.25) is 9.78 Å². The Hall–Kier alpha value is -3.48. The van der Waals surface area contributed by atoms with E-state index < -0.39 is 0 Å². The quantitative estimate of drug-likeness (QED) is 0.704. The fourth-order valence-electron chi connectivity index (χ4n) is 3.82. The monoisotopic (exact) mass is 403 g/mol. The highest BCUT2D eigenvalue weighted by Crippen LogP contribution is 2.27. The standard InChI is InChI=1S/C23H25N5O2/c1-30-20-6-2-4-16(10-20)11-22(29)28-9-3-5-18(15-28)21-8-7-17(12-25-21)19-13-26-23(24)27-14-19/h2,4,6-8,10,12-14,18H,3,5,9,11,15H2,1H3,(H2,24,26,27)/t18-/m0/s1. The summed E-state index contributed by atoms with van der Waals surface area (Å²) in [6.45, 7) is 1.49. The molecule has 2 N–H and O–H groups in total. The molecule has 154 valence electrons. The van der Waals surface area contributed by atoms with E-state index in [0.29, 0.717) is 13.0 Å². The van der Waals surface area contributed by atoms with Crippen LogP contribution in [0.3, 0.4) is 0 Å². The van der Waals surface area contributed by atoms with Gasteiger partial charge < -0.3 is 15.4 Å². The van der Waals surface area contributed by atoms with Crippen LogP contribution in [0.4, 0.5) is 5.95 Å². The molecule has 0 spiro atoms. The number of carbonyl (C=O) groups is 1. The van der Waals surface area contributed by atoms with Crippen molar-refractivity contribution < 1.29 is 9.53 Å². The zero-order valence-electron chi connectivity index (χ0n) is 17.0. The molecule has 1 amide bonds. The maximum absolute atomic E-state index is 12.9. The first-order valence-corrected chi connectivity index (χ1v) is 10.1. The van der Waals surface area contributed by atoms with Gasteiger partial charge in [-0.25, -0.2) is 9.97 Å². The van der Waals surface area contributed by atoms with Gasteiger partial charge in [-0.05, 0) is 36.6 Å². The van der Waals surface area contributed by atoms with E-state index in [4.69, 9.17) is 10.5 Å². The molecule has 0 unspecified atom stereocenters. The van der Waals surface area contributed by atoms with E-state index in [1.54, 1.807) is 19.5 Å². The summed E-state index contributed by atoms with van der Waals surface area (Å²) in [5.41, 5.74) is 9.35. The predicted molar refractivity (Wildman–Crippen MR) is 115 cm³/mol. The number of hydrogen-bond donors (Lipinski definition) is 1. The summed E-state index contributed by atoms with van der Waals surface area (Å²) in [5, 5.41) is 0. The van der Waals surface area contributed by atoms with E-state index in [9.17, 15) is 4.79 Å². The molecule has 1 atom stereocenters. The lowest BCUT2D eigenvalue weighted by atomic mass is 9.93. The average molecular weight is 403 g/mol. The van der Waals surface area contributed by atoms with E-state index in [2.05, 4.69) is 15.0 Å². The van der Waals surface area contributed by atoms with Crippen LogP contribution in [-0.4, -0.2) is 46.0 Å².